The third-order valence-electron chi connectivity index (χ3n) is 4.05. The maximum atomic E-state index is 12.7. The third kappa shape index (κ3) is 3.07. The lowest BCUT2D eigenvalue weighted by Crippen LogP contribution is -2.12. The number of nitrogens with one attached hydrogen (secondary N) is 1. The molecule has 0 unspecified atom stereocenters. The Morgan fingerprint density at radius 3 is 2.65 bits per heavy atom. The fraction of sp³-hybridized carbons (Fsp3) is 0.0952. The highest BCUT2D eigenvalue weighted by molar-refractivity contribution is 6.04. The van der Waals surface area contributed by atoms with Crippen molar-refractivity contribution in [3.63, 3.8) is 0 Å². The van der Waals surface area contributed by atoms with Crippen LogP contribution in [0.25, 0.3) is 22.0 Å². The number of carbonyl (C=O) groups excluding carboxylic acids is 1. The minimum absolute atomic E-state index is 0.202. The Kier molecular flexibility index (Phi) is 2.97. The van der Waals surface area contributed by atoms with E-state index >= 15 is 0 Å². The molecule has 0 saturated carbocycles. The van der Waals surface area contributed by atoms with Gasteiger partial charge in [-0.2, -0.15) is 0 Å². The van der Waals surface area contributed by atoms with Crippen molar-refractivity contribution in [3.05, 3.63) is 78.3 Å². The van der Waals surface area contributed by atoms with Crippen molar-refractivity contribution in [2.24, 2.45) is 7.05 Å². The van der Waals surface area contributed by atoms with Crippen LogP contribution in [0.2, 0.25) is 0 Å². The van der Waals surface area contributed by atoms with Gasteiger partial charge in [0.05, 0.1) is 23.7 Å². The first-order valence-corrected chi connectivity index (χ1v) is 8.02. The first-order valence-electron chi connectivity index (χ1n) is 10.0. The summed E-state index contributed by atoms with van der Waals surface area (Å²) in [6.45, 7) is 1.49. The number of amides is 1. The molecule has 5 heteroatoms. The molecule has 0 aliphatic rings. The number of hydrogen-bond donors (Lipinski definition) is 1. The number of carbonyl (C=O) groups is 1. The Morgan fingerprint density at radius 1 is 1.12 bits per heavy atom. The second kappa shape index (κ2) is 6.44. The highest BCUT2D eigenvalue weighted by Crippen LogP contribution is 2.25. The number of aryl methyl sites for hydroxylation is 1. The summed E-state index contributed by atoms with van der Waals surface area (Å²) >= 11 is 0. The summed E-state index contributed by atoms with van der Waals surface area (Å²) in [6, 6.07) is 6.37. The van der Waals surface area contributed by atoms with Crippen molar-refractivity contribution < 1.29 is 10.3 Å². The van der Waals surface area contributed by atoms with Crippen LogP contribution < -0.4 is 5.32 Å². The molecular formula is C21H18N4O. The molecule has 5 nitrogen and oxygen atoms in total. The van der Waals surface area contributed by atoms with E-state index in [0.29, 0.717) is 0 Å². The molecule has 0 bridgehead atoms. The molecule has 26 heavy (non-hydrogen) atoms. The molecule has 0 aliphatic heterocycles. The van der Waals surface area contributed by atoms with Gasteiger partial charge in [-0.15, -0.1) is 0 Å². The van der Waals surface area contributed by atoms with Gasteiger partial charge in [0.1, 0.15) is 5.82 Å². The van der Waals surface area contributed by atoms with Crippen molar-refractivity contribution in [1.29, 1.82) is 0 Å². The molecule has 0 aliphatic carbocycles. The Balaban J connectivity index is 1.71. The van der Waals surface area contributed by atoms with Crippen molar-refractivity contribution in [2.45, 2.75) is 6.92 Å². The SMILES string of the molecule is [2H]c1c([2H])c(C(=O)Nc2cc3cc(-c4cncn4C)ccc3cn2)c([2H])c([2H])c1C. The summed E-state index contributed by atoms with van der Waals surface area (Å²) in [6.07, 6.45) is 5.12. The lowest BCUT2D eigenvalue weighted by molar-refractivity contribution is 0.102. The molecule has 1 N–H and O–H groups in total. The fourth-order valence-corrected chi connectivity index (χ4v) is 2.67. The van der Waals surface area contributed by atoms with Gasteiger partial charge in [0.25, 0.3) is 5.91 Å². The Hall–Kier alpha value is -3.47. The first kappa shape index (κ1) is 12.0. The quantitative estimate of drug-likeness (QED) is 0.605. The minimum Gasteiger partial charge on any atom is -0.334 e. The van der Waals surface area contributed by atoms with Gasteiger partial charge in [0, 0.05) is 29.8 Å². The molecule has 4 rings (SSSR count). The molecule has 0 atom stereocenters. The second-order valence-corrected chi connectivity index (χ2v) is 5.98. The van der Waals surface area contributed by atoms with E-state index in [9.17, 15) is 4.79 Å². The van der Waals surface area contributed by atoms with Gasteiger partial charge in [0.15, 0.2) is 0 Å². The summed E-state index contributed by atoms with van der Waals surface area (Å²) in [5, 5.41) is 4.33. The van der Waals surface area contributed by atoms with Crippen LogP contribution in [0.4, 0.5) is 5.82 Å². The Labute approximate surface area is 157 Å². The maximum absolute atomic E-state index is 12.7. The van der Waals surface area contributed by atoms with E-state index in [1.165, 1.54) is 6.92 Å². The molecule has 0 radical (unpaired) electrons. The summed E-state index contributed by atoms with van der Waals surface area (Å²) in [5.74, 6) is -0.478. The van der Waals surface area contributed by atoms with Gasteiger partial charge in [-0.1, -0.05) is 29.8 Å². The van der Waals surface area contributed by atoms with Crippen LogP contribution in [0.3, 0.4) is 0 Å². The molecule has 4 aromatic rings. The number of pyridine rings is 1. The molecule has 2 aromatic heterocycles. The molecule has 0 spiro atoms. The number of nitrogens with zero attached hydrogens (tertiary/aromatic N) is 3. The number of fused-ring (bicyclic) bond motifs is 1. The van der Waals surface area contributed by atoms with Crippen LogP contribution in [0, 0.1) is 6.92 Å². The predicted octanol–water partition coefficient (Wildman–Crippen LogP) is 4.20. The van der Waals surface area contributed by atoms with E-state index in [2.05, 4.69) is 15.3 Å². The smallest absolute Gasteiger partial charge is 0.256 e. The lowest BCUT2D eigenvalue weighted by Gasteiger charge is -2.08. The number of anilines is 1. The van der Waals surface area contributed by atoms with E-state index in [4.69, 9.17) is 5.48 Å². The highest BCUT2D eigenvalue weighted by Gasteiger charge is 2.08. The molecule has 128 valence electrons. The number of hydrogen-bond acceptors (Lipinski definition) is 3. The second-order valence-electron chi connectivity index (χ2n) is 5.98. The molecule has 0 saturated heterocycles. The van der Waals surface area contributed by atoms with Gasteiger partial charge < -0.3 is 9.88 Å². The van der Waals surface area contributed by atoms with Crippen LogP contribution in [0.15, 0.2) is 67.2 Å². The van der Waals surface area contributed by atoms with Crippen LogP contribution in [0.1, 0.15) is 21.4 Å². The number of rotatable bonds is 3. The van der Waals surface area contributed by atoms with E-state index in [-0.39, 0.29) is 41.1 Å². The van der Waals surface area contributed by atoms with E-state index in [1.54, 1.807) is 24.8 Å². The number of aromatic nitrogens is 3. The lowest BCUT2D eigenvalue weighted by atomic mass is 10.1. The molecule has 2 aromatic carbocycles. The first-order chi connectivity index (χ1) is 14.3. The summed E-state index contributed by atoms with van der Waals surface area (Å²) in [7, 11) is 1.91. The highest BCUT2D eigenvalue weighted by atomic mass is 16.1. The summed E-state index contributed by atoms with van der Waals surface area (Å²) in [5.41, 5.74) is 1.81. The molecule has 1 amide bonds. The van der Waals surface area contributed by atoms with Gasteiger partial charge in [-0.25, -0.2) is 9.97 Å². The topological polar surface area (TPSA) is 59.8 Å². The summed E-state index contributed by atoms with van der Waals surface area (Å²) in [4.78, 5) is 21.1. The zero-order valence-electron chi connectivity index (χ0n) is 18.3. The Morgan fingerprint density at radius 2 is 1.92 bits per heavy atom. The zero-order chi connectivity index (χ0) is 21.6. The third-order valence-corrected chi connectivity index (χ3v) is 4.05. The predicted molar refractivity (Wildman–Crippen MR) is 103 cm³/mol. The van der Waals surface area contributed by atoms with Gasteiger partial charge >= 0.3 is 0 Å². The molecule has 0 fully saturated rings. The number of benzene rings is 2. The summed E-state index contributed by atoms with van der Waals surface area (Å²) < 4.78 is 33.8. The maximum Gasteiger partial charge on any atom is 0.256 e. The van der Waals surface area contributed by atoms with Gasteiger partial charge in [-0.05, 0) is 36.5 Å². The molecular weight excluding hydrogens is 324 g/mol. The van der Waals surface area contributed by atoms with Crippen molar-refractivity contribution in [3.8, 4) is 11.3 Å². The fourth-order valence-electron chi connectivity index (χ4n) is 2.67. The van der Waals surface area contributed by atoms with Crippen LogP contribution >= 0.6 is 0 Å². The van der Waals surface area contributed by atoms with Gasteiger partial charge in [-0.3, -0.25) is 4.79 Å². The Bertz CT molecular complexity index is 1290. The van der Waals surface area contributed by atoms with Crippen molar-refractivity contribution in [1.82, 2.24) is 14.5 Å². The average Bonchev–Trinajstić information content (AvgIpc) is 3.16. The largest absolute Gasteiger partial charge is 0.334 e. The van der Waals surface area contributed by atoms with Crippen molar-refractivity contribution >= 4 is 22.5 Å². The minimum atomic E-state index is -0.735. The van der Waals surface area contributed by atoms with E-state index < -0.39 is 5.91 Å². The van der Waals surface area contributed by atoms with Gasteiger partial charge in [0.2, 0.25) is 0 Å². The van der Waals surface area contributed by atoms with Crippen LogP contribution in [-0.4, -0.2) is 20.4 Å². The monoisotopic (exact) mass is 346 g/mol. The van der Waals surface area contributed by atoms with Crippen molar-refractivity contribution in [2.75, 3.05) is 5.32 Å². The zero-order valence-corrected chi connectivity index (χ0v) is 14.3. The van der Waals surface area contributed by atoms with Crippen LogP contribution in [0.5, 0.6) is 0 Å². The number of imidazole rings is 1. The molecule has 2 heterocycles. The van der Waals surface area contributed by atoms with E-state index in [1.807, 2.05) is 29.8 Å². The average molecular weight is 346 g/mol. The normalized spacial score (nSPS) is 13.0. The van der Waals surface area contributed by atoms with Crippen LogP contribution in [-0.2, 0) is 7.05 Å². The van der Waals surface area contributed by atoms with E-state index in [0.717, 1.165) is 22.0 Å². The standard InChI is InChI=1S/C21H18N4O/c1-14-3-5-15(6-4-14)21(26)24-20-10-18-9-16(7-8-17(18)11-23-20)19-12-22-13-25(19)2/h3-13H,1-2H3,(H,23,24,26)/i3D,4D,5D,6D.